The van der Waals surface area contributed by atoms with Gasteiger partial charge in [0.05, 0.1) is 66.9 Å². The Morgan fingerprint density at radius 3 is 2.30 bits per heavy atom. The van der Waals surface area contributed by atoms with Crippen molar-refractivity contribution in [2.45, 2.75) is 53.9 Å². The molecular weight excluding hydrogens is 681 g/mol. The van der Waals surface area contributed by atoms with Gasteiger partial charge in [0.1, 0.15) is 11.7 Å². The molecule has 7 rings (SSSR count). The van der Waals surface area contributed by atoms with Gasteiger partial charge in [-0.05, 0) is 98.4 Å². The number of carbonyl (C=O) groups excluding carboxylic acids is 2. The molecule has 0 amide bonds. The Balaban J connectivity index is 1.49. The van der Waals surface area contributed by atoms with Gasteiger partial charge in [-0.1, -0.05) is 26.5 Å². The second-order valence-corrected chi connectivity index (χ2v) is 14.0. The van der Waals surface area contributed by atoms with Crippen LogP contribution in [-0.4, -0.2) is 50.4 Å². The predicted molar refractivity (Wildman–Crippen MR) is 211 cm³/mol. The van der Waals surface area contributed by atoms with Crippen molar-refractivity contribution in [2.75, 3.05) is 26.8 Å². The molecule has 11 heteroatoms. The molecule has 278 valence electrons. The smallest absolute Gasteiger partial charge is 0.319 e. The third-order valence-corrected chi connectivity index (χ3v) is 11.2. The number of hydrogen-bond acceptors (Lipinski definition) is 11. The van der Waals surface area contributed by atoms with E-state index in [0.717, 1.165) is 91.2 Å². The highest BCUT2D eigenvalue weighted by molar-refractivity contribution is 6.24. The number of esters is 2. The summed E-state index contributed by atoms with van der Waals surface area (Å²) in [5.41, 5.74) is 21.1. The highest BCUT2D eigenvalue weighted by Gasteiger charge is 2.49. The number of hydrazine groups is 1. The molecule has 5 aliphatic heterocycles. The van der Waals surface area contributed by atoms with Gasteiger partial charge in [-0.15, -0.1) is 0 Å². The van der Waals surface area contributed by atoms with Gasteiger partial charge < -0.3 is 30.4 Å². The van der Waals surface area contributed by atoms with Crippen LogP contribution in [0.2, 0.25) is 0 Å². The zero-order valence-electron chi connectivity index (χ0n) is 32.1. The van der Waals surface area contributed by atoms with Crippen molar-refractivity contribution in [3.05, 3.63) is 128 Å². The van der Waals surface area contributed by atoms with Crippen LogP contribution in [0.1, 0.15) is 53.9 Å². The highest BCUT2D eigenvalue weighted by Crippen LogP contribution is 2.49. The van der Waals surface area contributed by atoms with E-state index in [1.165, 1.54) is 14.2 Å². The van der Waals surface area contributed by atoms with Gasteiger partial charge in [0.25, 0.3) is 0 Å². The van der Waals surface area contributed by atoms with Crippen LogP contribution in [0.4, 0.5) is 5.69 Å². The molecule has 54 heavy (non-hydrogen) atoms. The SMILES string of the molecule is C=CC1=C(C)C2=NC1=CC1=NC(=CC3=C(C)C4=C(NNc5ccc(OC)cc5)[C@H](C(=O)OC)C(=C5NC(=C2)[C@@H](C)[C@@H]5CCC(=O)OC)C4=N3)C(CC)=C1C. The van der Waals surface area contributed by atoms with Gasteiger partial charge >= 0.3 is 11.9 Å². The van der Waals surface area contributed by atoms with Crippen molar-refractivity contribution in [3.63, 3.8) is 0 Å². The lowest BCUT2D eigenvalue weighted by molar-refractivity contribution is -0.143. The summed E-state index contributed by atoms with van der Waals surface area (Å²) < 4.78 is 16.0. The van der Waals surface area contributed by atoms with Crippen LogP contribution in [0, 0.1) is 17.8 Å². The van der Waals surface area contributed by atoms with Gasteiger partial charge in [0, 0.05) is 46.4 Å². The highest BCUT2D eigenvalue weighted by atomic mass is 16.5. The largest absolute Gasteiger partial charge is 0.497 e. The van der Waals surface area contributed by atoms with E-state index < -0.39 is 11.9 Å². The molecular formula is C43H46N6O5. The van der Waals surface area contributed by atoms with E-state index in [2.05, 4.69) is 56.5 Å². The van der Waals surface area contributed by atoms with Crippen LogP contribution >= 0.6 is 0 Å². The van der Waals surface area contributed by atoms with Crippen molar-refractivity contribution in [1.82, 2.24) is 10.7 Å². The zero-order valence-corrected chi connectivity index (χ0v) is 32.1. The molecule has 3 N–H and O–H groups in total. The fourth-order valence-electron chi connectivity index (χ4n) is 8.13. The molecule has 0 aromatic heterocycles. The Labute approximate surface area is 316 Å². The number of rotatable bonds is 10. The molecule has 0 unspecified atom stereocenters. The van der Waals surface area contributed by atoms with E-state index in [0.29, 0.717) is 23.4 Å². The Morgan fingerprint density at radius 2 is 1.63 bits per heavy atom. The molecule has 5 heterocycles. The van der Waals surface area contributed by atoms with Crippen molar-refractivity contribution < 1.29 is 23.8 Å². The first-order valence-electron chi connectivity index (χ1n) is 18.3. The number of hydrogen-bond donors (Lipinski definition) is 3. The van der Waals surface area contributed by atoms with Crippen molar-refractivity contribution in [2.24, 2.45) is 32.7 Å². The predicted octanol–water partition coefficient (Wildman–Crippen LogP) is 7.26. The number of methoxy groups -OCH3 is 3. The van der Waals surface area contributed by atoms with Gasteiger partial charge in [-0.25, -0.2) is 15.0 Å². The molecule has 0 saturated carbocycles. The van der Waals surface area contributed by atoms with Crippen LogP contribution < -0.4 is 20.9 Å². The maximum atomic E-state index is 14.1. The third kappa shape index (κ3) is 6.07. The lowest BCUT2D eigenvalue weighted by Crippen LogP contribution is -2.32. The van der Waals surface area contributed by atoms with Crippen LogP contribution in [0.15, 0.2) is 143 Å². The van der Waals surface area contributed by atoms with Crippen LogP contribution in [-0.2, 0) is 19.1 Å². The minimum absolute atomic E-state index is 0.0740. The summed E-state index contributed by atoms with van der Waals surface area (Å²) >= 11 is 0. The minimum atomic E-state index is -0.857. The van der Waals surface area contributed by atoms with Crippen molar-refractivity contribution >= 4 is 34.8 Å². The summed E-state index contributed by atoms with van der Waals surface area (Å²) in [5, 5.41) is 3.74. The number of allylic oxidation sites excluding steroid dienone is 11. The number of ether oxygens (including phenoxy) is 3. The molecule has 1 fully saturated rings. The Bertz CT molecular complexity index is 2230. The summed E-state index contributed by atoms with van der Waals surface area (Å²) in [4.78, 5) is 42.2. The molecule has 0 radical (unpaired) electrons. The van der Waals surface area contributed by atoms with Crippen molar-refractivity contribution in [3.8, 4) is 5.75 Å². The number of nitrogens with one attached hydrogen (secondary N) is 3. The maximum absolute atomic E-state index is 14.1. The van der Waals surface area contributed by atoms with Crippen LogP contribution in [0.5, 0.6) is 5.75 Å². The lowest BCUT2D eigenvalue weighted by Gasteiger charge is -2.22. The van der Waals surface area contributed by atoms with Gasteiger partial charge in [0.15, 0.2) is 0 Å². The molecule has 1 aromatic rings. The van der Waals surface area contributed by atoms with Gasteiger partial charge in [-0.2, -0.15) is 0 Å². The first-order valence-corrected chi connectivity index (χ1v) is 18.3. The molecule has 1 saturated heterocycles. The molecule has 1 aliphatic carbocycles. The summed E-state index contributed by atoms with van der Waals surface area (Å²) in [5.74, 6) is -1.14. The second-order valence-electron chi connectivity index (χ2n) is 14.0. The Morgan fingerprint density at radius 1 is 0.907 bits per heavy atom. The minimum Gasteiger partial charge on any atom is -0.497 e. The second kappa shape index (κ2) is 14.5. The van der Waals surface area contributed by atoms with Crippen LogP contribution in [0.25, 0.3) is 0 Å². The summed E-state index contributed by atoms with van der Waals surface area (Å²) in [6, 6.07) is 7.50. The van der Waals surface area contributed by atoms with Crippen molar-refractivity contribution in [1.29, 1.82) is 0 Å². The molecule has 8 bridgehead atoms. The quantitative estimate of drug-likeness (QED) is 0.169. The van der Waals surface area contributed by atoms with Crippen LogP contribution in [0.3, 0.4) is 0 Å². The monoisotopic (exact) mass is 726 g/mol. The van der Waals surface area contributed by atoms with E-state index in [9.17, 15) is 9.59 Å². The normalized spacial score (nSPS) is 22.8. The Kier molecular flexibility index (Phi) is 9.74. The number of nitrogens with zero attached hydrogens (tertiary/aromatic N) is 3. The summed E-state index contributed by atoms with van der Waals surface area (Å²) in [6.07, 6.45) is 9.47. The number of aliphatic imine (C=N–C) groups is 3. The molecule has 11 nitrogen and oxygen atoms in total. The van der Waals surface area contributed by atoms with E-state index >= 15 is 0 Å². The average molecular weight is 727 g/mol. The fraction of sp³-hybridized carbons (Fsp3) is 0.326. The number of fused-ring (bicyclic) bond motifs is 5. The first-order chi connectivity index (χ1) is 26.0. The number of anilines is 1. The van der Waals surface area contributed by atoms with E-state index in [1.807, 2.05) is 49.4 Å². The number of benzene rings is 1. The maximum Gasteiger partial charge on any atom is 0.319 e. The molecule has 1 aromatic carbocycles. The fourth-order valence-corrected chi connectivity index (χ4v) is 8.13. The standard InChI is InChI=1S/C43H46N6O5/c1-10-27-21(3)30-18-32-23(5)29(16-17-36(50)53-8)40(46-32)38-39(43(51)54-9)42(49-48-25-12-14-26(52-7)15-13-25)37-24(6)33(47-41(37)38)20-35-28(11-2)22(4)31(45-35)19-34(27)44-30/h10,12-15,18-20,23,29,39,46,48-49H,1,11,16-17H2,2-9H3/t23-,29-,39+/m0/s1. The van der Waals surface area contributed by atoms with E-state index in [4.69, 9.17) is 29.2 Å². The molecule has 6 aliphatic rings. The summed E-state index contributed by atoms with van der Waals surface area (Å²) in [7, 11) is 4.42. The van der Waals surface area contributed by atoms with Gasteiger partial charge in [-0.3, -0.25) is 9.59 Å². The zero-order chi connectivity index (χ0) is 38.4. The van der Waals surface area contributed by atoms with E-state index in [1.54, 1.807) is 7.11 Å². The van der Waals surface area contributed by atoms with E-state index in [-0.39, 0.29) is 24.2 Å². The van der Waals surface area contributed by atoms with Gasteiger partial charge in [0.2, 0.25) is 0 Å². The summed E-state index contributed by atoms with van der Waals surface area (Å²) in [6.45, 7) is 14.6. The molecule has 0 spiro atoms. The average Bonchev–Trinajstić information content (AvgIpc) is 3.93. The Hall–Kier alpha value is -5.97. The lowest BCUT2D eigenvalue weighted by atomic mass is 9.84. The topological polar surface area (TPSA) is 135 Å². The number of carbonyl (C=O) groups is 2. The third-order valence-electron chi connectivity index (χ3n) is 11.2. The molecule has 3 atom stereocenters. The first kappa shape index (κ1) is 36.4.